The first-order chi connectivity index (χ1) is 10.6. The molecule has 1 heterocycles. The number of carbonyl (C=O) groups is 1. The Hall–Kier alpha value is -1.50. The van der Waals surface area contributed by atoms with E-state index in [9.17, 15) is 9.00 Å². The Kier molecular flexibility index (Phi) is 6.30. The molecule has 118 valence electrons. The Morgan fingerprint density at radius 3 is 2.59 bits per heavy atom. The molecular weight excluding hydrogens is 318 g/mol. The topological polar surface area (TPSA) is 55.4 Å². The number of rotatable bonds is 7. The van der Waals surface area contributed by atoms with E-state index in [4.69, 9.17) is 4.74 Å². The minimum atomic E-state index is -1.33. The van der Waals surface area contributed by atoms with E-state index in [0.717, 1.165) is 10.4 Å². The lowest BCUT2D eigenvalue weighted by Crippen LogP contribution is -2.27. The number of carbonyl (C=O) groups excluding carboxylic acids is 1. The Balaban J connectivity index is 1.85. The number of benzene rings is 1. The molecule has 1 aromatic heterocycles. The zero-order valence-corrected chi connectivity index (χ0v) is 14.3. The zero-order chi connectivity index (χ0) is 15.9. The van der Waals surface area contributed by atoms with Crippen molar-refractivity contribution in [3.63, 3.8) is 0 Å². The van der Waals surface area contributed by atoms with Gasteiger partial charge >= 0.3 is 0 Å². The van der Waals surface area contributed by atoms with Crippen LogP contribution in [0.25, 0.3) is 0 Å². The fourth-order valence-electron chi connectivity index (χ4n) is 1.92. The van der Waals surface area contributed by atoms with Gasteiger partial charge in [0.1, 0.15) is 5.75 Å². The van der Waals surface area contributed by atoms with Crippen LogP contribution in [0.15, 0.2) is 40.6 Å². The van der Waals surface area contributed by atoms with Gasteiger partial charge < -0.3 is 10.1 Å². The van der Waals surface area contributed by atoms with E-state index < -0.39 is 10.8 Å². The number of ether oxygens (including phenoxy) is 1. The number of aryl methyl sites for hydroxylation is 1. The number of hydrogen-bond donors (Lipinski definition) is 1. The molecule has 1 atom stereocenters. The molecule has 2 aromatic rings. The molecule has 1 amide bonds. The Morgan fingerprint density at radius 2 is 2.00 bits per heavy atom. The molecule has 0 aliphatic heterocycles. The summed E-state index contributed by atoms with van der Waals surface area (Å²) in [6.45, 7) is 3.03. The number of methoxy groups -OCH3 is 1. The molecule has 22 heavy (non-hydrogen) atoms. The van der Waals surface area contributed by atoms with E-state index in [1.165, 1.54) is 5.56 Å². The molecule has 6 heteroatoms. The second kappa shape index (κ2) is 8.22. The molecule has 0 spiro atoms. The zero-order valence-electron chi connectivity index (χ0n) is 12.6. The van der Waals surface area contributed by atoms with Crippen LogP contribution >= 0.6 is 11.3 Å². The van der Waals surface area contributed by atoms with Gasteiger partial charge in [-0.05, 0) is 41.6 Å². The average Bonchev–Trinajstić information content (AvgIpc) is 2.91. The van der Waals surface area contributed by atoms with Gasteiger partial charge in [-0.25, -0.2) is 0 Å². The lowest BCUT2D eigenvalue weighted by molar-refractivity contribution is -0.118. The molecule has 0 bridgehead atoms. The van der Waals surface area contributed by atoms with Gasteiger partial charge in [0.25, 0.3) is 0 Å². The van der Waals surface area contributed by atoms with Gasteiger partial charge in [0.15, 0.2) is 0 Å². The van der Waals surface area contributed by atoms with Crippen molar-refractivity contribution in [2.75, 3.05) is 12.9 Å². The van der Waals surface area contributed by atoms with Gasteiger partial charge in [0.05, 0.1) is 24.0 Å². The van der Waals surface area contributed by atoms with Crippen LogP contribution in [0.2, 0.25) is 0 Å². The lowest BCUT2D eigenvalue weighted by Gasteiger charge is -2.06. The predicted octanol–water partition coefficient (Wildman–Crippen LogP) is 2.63. The van der Waals surface area contributed by atoms with Crippen LogP contribution in [0.1, 0.15) is 16.0 Å². The average molecular weight is 337 g/mol. The van der Waals surface area contributed by atoms with Crippen LogP contribution in [-0.4, -0.2) is 23.0 Å². The van der Waals surface area contributed by atoms with E-state index in [2.05, 4.69) is 5.32 Å². The summed E-state index contributed by atoms with van der Waals surface area (Å²) >= 11 is 1.61. The number of hydrogen-bond acceptors (Lipinski definition) is 4. The molecule has 0 saturated carbocycles. The molecule has 0 aliphatic rings. The molecule has 0 radical (unpaired) electrons. The summed E-state index contributed by atoms with van der Waals surface area (Å²) < 4.78 is 17.2. The minimum absolute atomic E-state index is 0.0198. The van der Waals surface area contributed by atoms with Crippen LogP contribution < -0.4 is 5.32 Å². The van der Waals surface area contributed by atoms with E-state index >= 15 is 0 Å². The highest BCUT2D eigenvalue weighted by molar-refractivity contribution is 7.85. The molecule has 0 aliphatic carbocycles. The fourth-order valence-corrected chi connectivity index (χ4v) is 3.71. The number of nitrogens with one attached hydrogen (secondary N) is 1. The SMILES string of the molecule is COCc1ccc(S(=O)CC(=O)NCc2sccc2C)cc1. The molecule has 2 rings (SSSR count). The van der Waals surface area contributed by atoms with Gasteiger partial charge in [-0.15, -0.1) is 11.3 Å². The number of thiophene rings is 1. The maximum Gasteiger partial charge on any atom is 0.233 e. The second-order valence-corrected chi connectivity index (χ2v) is 7.32. The Labute approximate surface area is 137 Å². The van der Waals surface area contributed by atoms with E-state index in [-0.39, 0.29) is 11.7 Å². The highest BCUT2D eigenvalue weighted by Gasteiger charge is 2.11. The van der Waals surface area contributed by atoms with Crippen LogP contribution in [0.4, 0.5) is 0 Å². The lowest BCUT2D eigenvalue weighted by atomic mass is 10.2. The molecule has 0 fully saturated rings. The normalized spacial score (nSPS) is 12.1. The number of amides is 1. The van der Waals surface area contributed by atoms with Gasteiger partial charge in [-0.2, -0.15) is 0 Å². The first kappa shape index (κ1) is 16.9. The quantitative estimate of drug-likeness (QED) is 0.845. The van der Waals surface area contributed by atoms with E-state index in [1.54, 1.807) is 30.6 Å². The van der Waals surface area contributed by atoms with E-state index in [0.29, 0.717) is 18.0 Å². The smallest absolute Gasteiger partial charge is 0.233 e. The summed E-state index contributed by atoms with van der Waals surface area (Å²) in [5.74, 6) is -0.222. The van der Waals surface area contributed by atoms with E-state index in [1.807, 2.05) is 30.5 Å². The summed E-state index contributed by atoms with van der Waals surface area (Å²) in [6.07, 6.45) is 0. The van der Waals surface area contributed by atoms with Crippen molar-refractivity contribution in [1.82, 2.24) is 5.32 Å². The van der Waals surface area contributed by atoms with Crippen molar-refractivity contribution < 1.29 is 13.7 Å². The standard InChI is InChI=1S/C16H19NO3S2/c1-12-7-8-21-15(12)9-17-16(18)11-22(19)14-5-3-13(4-6-14)10-20-2/h3-8H,9-11H2,1-2H3,(H,17,18). The van der Waals surface area contributed by atoms with Crippen LogP contribution in [0.3, 0.4) is 0 Å². The molecule has 1 N–H and O–H groups in total. The summed E-state index contributed by atoms with van der Waals surface area (Å²) in [5, 5.41) is 4.81. The third kappa shape index (κ3) is 4.76. The van der Waals surface area contributed by atoms with Crippen LogP contribution in [-0.2, 0) is 33.5 Å². The predicted molar refractivity (Wildman–Crippen MR) is 89.3 cm³/mol. The highest BCUT2D eigenvalue weighted by atomic mass is 32.2. The first-order valence-corrected chi connectivity index (χ1v) is 9.06. The maximum atomic E-state index is 12.2. The van der Waals surface area contributed by atoms with Crippen molar-refractivity contribution in [3.05, 3.63) is 51.7 Å². The second-order valence-electron chi connectivity index (χ2n) is 4.87. The summed E-state index contributed by atoms with van der Waals surface area (Å²) in [4.78, 5) is 13.7. The monoisotopic (exact) mass is 337 g/mol. The Bertz CT molecular complexity index is 650. The van der Waals surface area contributed by atoms with Gasteiger partial charge in [0.2, 0.25) is 5.91 Å². The first-order valence-electron chi connectivity index (χ1n) is 6.86. The minimum Gasteiger partial charge on any atom is -0.380 e. The molecule has 4 nitrogen and oxygen atoms in total. The van der Waals surface area contributed by atoms with Crippen molar-refractivity contribution in [3.8, 4) is 0 Å². The molecular formula is C16H19NO3S2. The maximum absolute atomic E-state index is 12.2. The highest BCUT2D eigenvalue weighted by Crippen LogP contribution is 2.15. The fraction of sp³-hybridized carbons (Fsp3) is 0.312. The summed E-state index contributed by atoms with van der Waals surface area (Å²) in [5.41, 5.74) is 2.18. The van der Waals surface area contributed by atoms with Crippen LogP contribution in [0.5, 0.6) is 0 Å². The van der Waals surface area contributed by atoms with Crippen molar-refractivity contribution in [2.24, 2.45) is 0 Å². The summed E-state index contributed by atoms with van der Waals surface area (Å²) in [6, 6.07) is 9.31. The summed E-state index contributed by atoms with van der Waals surface area (Å²) in [7, 11) is 0.302. The van der Waals surface area contributed by atoms with Crippen molar-refractivity contribution in [1.29, 1.82) is 0 Å². The van der Waals surface area contributed by atoms with Gasteiger partial charge in [-0.1, -0.05) is 12.1 Å². The van der Waals surface area contributed by atoms with Crippen LogP contribution in [0, 0.1) is 6.92 Å². The van der Waals surface area contributed by atoms with Crippen molar-refractivity contribution >= 4 is 28.0 Å². The Morgan fingerprint density at radius 1 is 1.27 bits per heavy atom. The molecule has 0 saturated heterocycles. The largest absolute Gasteiger partial charge is 0.380 e. The molecule has 1 unspecified atom stereocenters. The van der Waals surface area contributed by atoms with Gasteiger partial charge in [-0.3, -0.25) is 9.00 Å². The van der Waals surface area contributed by atoms with Crippen molar-refractivity contribution in [2.45, 2.75) is 25.0 Å². The third-order valence-electron chi connectivity index (χ3n) is 3.17. The third-order valence-corrected chi connectivity index (χ3v) is 5.52. The molecule has 1 aromatic carbocycles. The van der Waals surface area contributed by atoms with Gasteiger partial charge in [0, 0.05) is 16.9 Å².